The Bertz CT molecular complexity index is 2420. The maximum atomic E-state index is 2.37. The first-order valence-corrected chi connectivity index (χ1v) is 18.6. The molecule has 0 N–H and O–H groups in total. The van der Waals surface area contributed by atoms with E-state index in [0.29, 0.717) is 0 Å². The number of benzene rings is 9. The Morgan fingerprint density at radius 2 is 0.500 bits per heavy atom. The monoisotopic (exact) mass is 692 g/mol. The van der Waals surface area contributed by atoms with E-state index < -0.39 is 0 Å². The molecule has 0 aliphatic carbocycles. The minimum absolute atomic E-state index is 1.13. The lowest BCUT2D eigenvalue weighted by atomic mass is 9.89. The third-order valence-corrected chi connectivity index (χ3v) is 10.6. The molecule has 54 heavy (non-hydrogen) atoms. The zero-order valence-electron chi connectivity index (χ0n) is 30.5. The Labute approximate surface area is 317 Å². The largest absolute Gasteiger partial charge is 0.311 e. The van der Waals surface area contributed by atoms with Gasteiger partial charge in [0, 0.05) is 34.1 Å². The normalized spacial score (nSPS) is 11.1. The number of hydrogen-bond acceptors (Lipinski definition) is 2. The first-order chi connectivity index (χ1) is 26.6. The summed E-state index contributed by atoms with van der Waals surface area (Å²) in [6.45, 7) is 4.54. The first-order valence-electron chi connectivity index (χ1n) is 18.6. The molecule has 0 heterocycles. The fraction of sp³-hybridized carbons (Fsp3) is 0.0385. The fourth-order valence-electron chi connectivity index (χ4n) is 7.82. The Kier molecular flexibility index (Phi) is 8.70. The highest BCUT2D eigenvalue weighted by atomic mass is 15.1. The Morgan fingerprint density at radius 1 is 0.241 bits per heavy atom. The molecular weight excluding hydrogens is 653 g/mol. The van der Waals surface area contributed by atoms with Gasteiger partial charge in [0.2, 0.25) is 0 Å². The third kappa shape index (κ3) is 6.18. The van der Waals surface area contributed by atoms with E-state index in [1.165, 1.54) is 54.9 Å². The highest BCUT2D eigenvalue weighted by molar-refractivity contribution is 6.07. The minimum Gasteiger partial charge on any atom is -0.311 e. The number of fused-ring (bicyclic) bond motifs is 2. The zero-order chi connectivity index (χ0) is 36.4. The number of hydrogen-bond donors (Lipinski definition) is 0. The molecule has 0 amide bonds. The number of aryl methyl sites for hydroxylation is 2. The maximum absolute atomic E-state index is 2.37. The summed E-state index contributed by atoms with van der Waals surface area (Å²) in [6, 6.07) is 74.0. The van der Waals surface area contributed by atoms with Crippen LogP contribution in [0.2, 0.25) is 0 Å². The van der Waals surface area contributed by atoms with Crippen molar-refractivity contribution in [1.29, 1.82) is 0 Å². The van der Waals surface area contributed by atoms with Gasteiger partial charge in [0.05, 0.1) is 0 Å². The molecule has 0 fully saturated rings. The van der Waals surface area contributed by atoms with Crippen LogP contribution in [0.15, 0.2) is 206 Å². The van der Waals surface area contributed by atoms with Crippen LogP contribution in [0.25, 0.3) is 43.8 Å². The Morgan fingerprint density at radius 3 is 0.796 bits per heavy atom. The predicted octanol–water partition coefficient (Wildman–Crippen LogP) is 14.9. The molecule has 0 saturated heterocycles. The van der Waals surface area contributed by atoms with E-state index in [-0.39, 0.29) is 0 Å². The highest BCUT2D eigenvalue weighted by Gasteiger charge is 2.16. The van der Waals surface area contributed by atoms with Crippen LogP contribution in [-0.2, 0) is 0 Å². The van der Waals surface area contributed by atoms with Crippen LogP contribution in [0.5, 0.6) is 0 Å². The van der Waals surface area contributed by atoms with E-state index in [1.54, 1.807) is 0 Å². The summed E-state index contributed by atoms with van der Waals surface area (Å²) >= 11 is 0. The predicted molar refractivity (Wildman–Crippen MR) is 231 cm³/mol. The standard InChI is InChI=1S/C52H40N2/c1-37-49-33-27-42(40-25-31-48(32-26-40)54(45-19-11-5-12-20-45)46-21-13-6-14-22-46)36-52(49)38(2)50-34-28-41(35-51(37)50)39-23-29-47(30-24-39)53(43-15-7-3-8-16-43)44-17-9-4-10-18-44/h3-36H,1-2H3. The van der Waals surface area contributed by atoms with Crippen molar-refractivity contribution in [2.24, 2.45) is 0 Å². The van der Waals surface area contributed by atoms with Gasteiger partial charge in [-0.05, 0) is 154 Å². The summed E-state index contributed by atoms with van der Waals surface area (Å²) < 4.78 is 0. The molecule has 0 radical (unpaired) electrons. The second kappa shape index (κ2) is 14.3. The van der Waals surface area contributed by atoms with Crippen LogP contribution in [0.3, 0.4) is 0 Å². The van der Waals surface area contributed by atoms with Gasteiger partial charge in [0.15, 0.2) is 0 Å². The molecule has 0 unspecified atom stereocenters. The molecule has 0 aliphatic heterocycles. The van der Waals surface area contributed by atoms with Gasteiger partial charge in [-0.25, -0.2) is 0 Å². The van der Waals surface area contributed by atoms with Crippen molar-refractivity contribution < 1.29 is 0 Å². The molecular formula is C52H40N2. The van der Waals surface area contributed by atoms with Gasteiger partial charge < -0.3 is 9.80 Å². The zero-order valence-corrected chi connectivity index (χ0v) is 30.5. The van der Waals surface area contributed by atoms with Gasteiger partial charge in [-0.15, -0.1) is 0 Å². The highest BCUT2D eigenvalue weighted by Crippen LogP contribution is 2.40. The van der Waals surface area contributed by atoms with Crippen LogP contribution in [0.4, 0.5) is 34.1 Å². The van der Waals surface area contributed by atoms with E-state index in [4.69, 9.17) is 0 Å². The lowest BCUT2D eigenvalue weighted by Crippen LogP contribution is -2.09. The van der Waals surface area contributed by atoms with Crippen LogP contribution >= 0.6 is 0 Å². The third-order valence-electron chi connectivity index (χ3n) is 10.6. The fourth-order valence-corrected chi connectivity index (χ4v) is 7.82. The second-order valence-corrected chi connectivity index (χ2v) is 13.9. The van der Waals surface area contributed by atoms with Crippen molar-refractivity contribution in [3.8, 4) is 22.3 Å². The number of anilines is 6. The summed E-state index contributed by atoms with van der Waals surface area (Å²) in [4.78, 5) is 4.60. The van der Waals surface area contributed by atoms with E-state index in [9.17, 15) is 0 Å². The van der Waals surface area contributed by atoms with Gasteiger partial charge in [-0.2, -0.15) is 0 Å². The van der Waals surface area contributed by atoms with Crippen molar-refractivity contribution >= 4 is 55.7 Å². The molecule has 0 atom stereocenters. The van der Waals surface area contributed by atoms with Gasteiger partial charge in [0.25, 0.3) is 0 Å². The van der Waals surface area contributed by atoms with Crippen molar-refractivity contribution in [1.82, 2.24) is 0 Å². The molecule has 0 saturated carbocycles. The second-order valence-electron chi connectivity index (χ2n) is 13.9. The summed E-state index contributed by atoms with van der Waals surface area (Å²) in [5, 5.41) is 5.20. The summed E-state index contributed by atoms with van der Waals surface area (Å²) in [5.74, 6) is 0. The van der Waals surface area contributed by atoms with Crippen LogP contribution < -0.4 is 9.80 Å². The molecule has 9 aromatic rings. The quantitative estimate of drug-likeness (QED) is 0.146. The molecule has 0 spiro atoms. The van der Waals surface area contributed by atoms with Crippen LogP contribution in [0, 0.1) is 13.8 Å². The summed E-state index contributed by atoms with van der Waals surface area (Å²) in [6.07, 6.45) is 0. The van der Waals surface area contributed by atoms with Crippen molar-refractivity contribution in [2.75, 3.05) is 9.80 Å². The van der Waals surface area contributed by atoms with Crippen LogP contribution in [-0.4, -0.2) is 0 Å². The molecule has 2 nitrogen and oxygen atoms in total. The molecule has 9 aromatic carbocycles. The molecule has 2 heteroatoms. The van der Waals surface area contributed by atoms with Gasteiger partial charge in [0.1, 0.15) is 0 Å². The molecule has 0 bridgehead atoms. The number of nitrogens with zero attached hydrogens (tertiary/aromatic N) is 2. The summed E-state index contributed by atoms with van der Waals surface area (Å²) in [7, 11) is 0. The lowest BCUT2D eigenvalue weighted by molar-refractivity contribution is 1.28. The van der Waals surface area contributed by atoms with Crippen molar-refractivity contribution in [3.63, 3.8) is 0 Å². The molecule has 9 rings (SSSR count). The van der Waals surface area contributed by atoms with Gasteiger partial charge in [-0.3, -0.25) is 0 Å². The average Bonchev–Trinajstić information content (AvgIpc) is 3.25. The molecule has 258 valence electrons. The Balaban J connectivity index is 1.04. The summed E-state index contributed by atoms with van der Waals surface area (Å²) in [5.41, 5.74) is 14.3. The maximum Gasteiger partial charge on any atom is 0.0462 e. The smallest absolute Gasteiger partial charge is 0.0462 e. The first kappa shape index (κ1) is 33.0. The topological polar surface area (TPSA) is 6.48 Å². The van der Waals surface area contributed by atoms with Crippen LogP contribution in [0.1, 0.15) is 11.1 Å². The molecule has 0 aliphatic rings. The lowest BCUT2D eigenvalue weighted by Gasteiger charge is -2.25. The number of para-hydroxylation sites is 4. The van der Waals surface area contributed by atoms with Crippen molar-refractivity contribution in [2.45, 2.75) is 13.8 Å². The van der Waals surface area contributed by atoms with Crippen molar-refractivity contribution in [3.05, 3.63) is 217 Å². The van der Waals surface area contributed by atoms with Gasteiger partial charge >= 0.3 is 0 Å². The van der Waals surface area contributed by atoms with E-state index in [2.05, 4.69) is 230 Å². The van der Waals surface area contributed by atoms with E-state index in [1.807, 2.05) is 0 Å². The minimum atomic E-state index is 1.13. The SMILES string of the molecule is Cc1c2ccc(-c3ccc(N(c4ccccc4)c4ccccc4)cc3)cc2c(C)c2ccc(-c3ccc(N(c4ccccc4)c4ccccc4)cc3)cc12. The Hall–Kier alpha value is -6.90. The number of rotatable bonds is 8. The van der Waals surface area contributed by atoms with Gasteiger partial charge in [-0.1, -0.05) is 121 Å². The van der Waals surface area contributed by atoms with E-state index in [0.717, 1.165) is 34.1 Å². The average molecular weight is 693 g/mol. The molecule has 0 aromatic heterocycles. The van der Waals surface area contributed by atoms with E-state index >= 15 is 0 Å².